The molecule has 3 fully saturated rings. The first-order valence-electron chi connectivity index (χ1n) is 18.3. The second kappa shape index (κ2) is 13.7. The molecule has 5 atom stereocenters. The number of ether oxygens (including phenoxy) is 2. The maximum atomic E-state index is 14.6. The topological polar surface area (TPSA) is 139 Å². The number of rotatable bonds is 6. The molecule has 1 unspecified atom stereocenters. The number of amides is 4. The van der Waals surface area contributed by atoms with Crippen molar-refractivity contribution in [3.8, 4) is 5.75 Å². The third-order valence-electron chi connectivity index (χ3n) is 11.0. The van der Waals surface area contributed by atoms with Crippen molar-refractivity contribution in [2.75, 3.05) is 13.2 Å². The molecule has 1 saturated heterocycles. The average molecular weight is 704 g/mol. The van der Waals surface area contributed by atoms with Crippen LogP contribution in [0.2, 0.25) is 0 Å². The zero-order valence-corrected chi connectivity index (χ0v) is 30.1. The van der Waals surface area contributed by atoms with E-state index >= 15 is 0 Å². The minimum absolute atomic E-state index is 0.0323. The summed E-state index contributed by atoms with van der Waals surface area (Å²) in [6.07, 6.45) is 13.1. The Hall–Kier alpha value is -3.80. The molecule has 2 aliphatic carbocycles. The molecule has 0 radical (unpaired) electrons. The van der Waals surface area contributed by atoms with Gasteiger partial charge in [-0.2, -0.15) is 0 Å². The zero-order valence-electron chi connectivity index (χ0n) is 29.3. The second-order valence-corrected chi connectivity index (χ2v) is 17.0. The molecule has 50 heavy (non-hydrogen) atoms. The molecule has 2 saturated carbocycles. The van der Waals surface area contributed by atoms with Gasteiger partial charge in [-0.15, -0.1) is 0 Å². The lowest BCUT2D eigenvalue weighted by Gasteiger charge is -2.36. The Morgan fingerprint density at radius 1 is 1.14 bits per heavy atom. The van der Waals surface area contributed by atoms with Crippen molar-refractivity contribution in [2.24, 2.45) is 11.8 Å². The number of nitrogens with zero attached hydrogens (tertiary/aromatic N) is 2. The van der Waals surface area contributed by atoms with E-state index in [1.165, 1.54) is 11.9 Å². The summed E-state index contributed by atoms with van der Waals surface area (Å²) < 4.78 is 15.3. The van der Waals surface area contributed by atoms with Crippen LogP contribution < -0.4 is 20.1 Å². The first kappa shape index (κ1) is 34.6. The Morgan fingerprint density at radius 2 is 1.96 bits per heavy atom. The molecule has 11 nitrogen and oxygen atoms in total. The van der Waals surface area contributed by atoms with E-state index in [0.717, 1.165) is 55.0 Å². The van der Waals surface area contributed by atoms with Gasteiger partial charge in [0.2, 0.25) is 11.8 Å². The van der Waals surface area contributed by atoms with E-state index in [-0.39, 0.29) is 53.9 Å². The highest BCUT2D eigenvalue weighted by Crippen LogP contribution is 2.50. The lowest BCUT2D eigenvalue weighted by molar-refractivity contribution is -0.141. The third kappa shape index (κ3) is 7.18. The van der Waals surface area contributed by atoms with Crippen LogP contribution in [0.25, 0.3) is 10.9 Å². The number of hydrogen-bond acceptors (Lipinski definition) is 8. The van der Waals surface area contributed by atoms with Gasteiger partial charge in [0.15, 0.2) is 0 Å². The molecule has 4 heterocycles. The van der Waals surface area contributed by atoms with Crippen LogP contribution in [0.4, 0.5) is 4.79 Å². The average Bonchev–Trinajstić information content (AvgIpc) is 3.98. The Labute approximate surface area is 298 Å². The number of carbonyl (C=O) groups excluding carboxylic acids is 4. The summed E-state index contributed by atoms with van der Waals surface area (Å²) in [5.41, 5.74) is 0.0390. The third-order valence-corrected chi connectivity index (χ3v) is 12.2. The van der Waals surface area contributed by atoms with Crippen LogP contribution >= 0.6 is 11.9 Å². The maximum Gasteiger partial charge on any atom is 0.407 e. The SMILES string of the molecule is CC(C)COC(=O)N[C@H]1CCCCC/C=C\C2C[C@@]2(C(=O)NSC2(C)CC2)NC(=O)[C@@H]2C[C@]3(CCc4c(cnc5ccccc45)O3)CN2C1=O. The summed E-state index contributed by atoms with van der Waals surface area (Å²) in [6.45, 7) is 6.43. The summed E-state index contributed by atoms with van der Waals surface area (Å²) >= 11 is 1.44. The largest absolute Gasteiger partial charge is 0.483 e. The number of benzene rings is 1. The van der Waals surface area contributed by atoms with Gasteiger partial charge in [-0.05, 0) is 82.2 Å². The van der Waals surface area contributed by atoms with E-state index in [2.05, 4.69) is 39.4 Å². The lowest BCUT2D eigenvalue weighted by Crippen LogP contribution is -2.57. The first-order chi connectivity index (χ1) is 24.0. The van der Waals surface area contributed by atoms with Gasteiger partial charge in [-0.1, -0.05) is 57.0 Å². The number of alkyl carbamates (subject to hydrolysis) is 1. The van der Waals surface area contributed by atoms with Gasteiger partial charge < -0.3 is 25.0 Å². The normalized spacial score (nSPS) is 30.9. The highest BCUT2D eigenvalue weighted by molar-refractivity contribution is 7.99. The van der Waals surface area contributed by atoms with E-state index in [4.69, 9.17) is 9.47 Å². The highest BCUT2D eigenvalue weighted by atomic mass is 32.2. The molecular formula is C38H49N5O6S. The van der Waals surface area contributed by atoms with Crippen LogP contribution in [0.5, 0.6) is 5.75 Å². The number of pyridine rings is 1. The number of aromatic nitrogens is 1. The fraction of sp³-hybridized carbons (Fsp3) is 0.605. The minimum atomic E-state index is -1.09. The van der Waals surface area contributed by atoms with E-state index in [1.807, 2.05) is 38.1 Å². The van der Waals surface area contributed by atoms with Crippen molar-refractivity contribution < 1.29 is 28.7 Å². The molecule has 1 aromatic heterocycles. The summed E-state index contributed by atoms with van der Waals surface area (Å²) in [5.74, 6) is -0.265. The lowest BCUT2D eigenvalue weighted by atomic mass is 9.87. The first-order valence-corrected chi connectivity index (χ1v) is 19.1. The van der Waals surface area contributed by atoms with Gasteiger partial charge in [0.25, 0.3) is 5.91 Å². The van der Waals surface area contributed by atoms with Crippen molar-refractivity contribution in [3.63, 3.8) is 0 Å². The van der Waals surface area contributed by atoms with Crippen LogP contribution in [0, 0.1) is 11.8 Å². The molecule has 4 amide bonds. The monoisotopic (exact) mass is 703 g/mol. The zero-order chi connectivity index (χ0) is 35.1. The Morgan fingerprint density at radius 3 is 2.76 bits per heavy atom. The number of para-hydroxylation sites is 1. The molecule has 1 aromatic carbocycles. The number of fused-ring (bicyclic) bond motifs is 5. The van der Waals surface area contributed by atoms with Gasteiger partial charge in [0, 0.05) is 28.0 Å². The second-order valence-electron chi connectivity index (χ2n) is 15.6. The van der Waals surface area contributed by atoms with Crippen LogP contribution in [-0.4, -0.2) is 74.8 Å². The molecule has 3 N–H and O–H groups in total. The predicted octanol–water partition coefficient (Wildman–Crippen LogP) is 5.36. The Bertz CT molecular complexity index is 1690. The highest BCUT2D eigenvalue weighted by Gasteiger charge is 2.62. The number of carbonyl (C=O) groups is 4. The number of hydrogen-bond donors (Lipinski definition) is 3. The molecule has 1 spiro atoms. The fourth-order valence-electron chi connectivity index (χ4n) is 7.59. The van der Waals surface area contributed by atoms with Crippen LogP contribution in [0.15, 0.2) is 42.6 Å². The van der Waals surface area contributed by atoms with Crippen molar-refractivity contribution in [1.29, 1.82) is 0 Å². The van der Waals surface area contributed by atoms with Crippen molar-refractivity contribution in [1.82, 2.24) is 25.2 Å². The quantitative estimate of drug-likeness (QED) is 0.270. The molecule has 268 valence electrons. The molecule has 5 aliphatic rings. The molecule has 0 bridgehead atoms. The fourth-order valence-corrected chi connectivity index (χ4v) is 8.41. The van der Waals surface area contributed by atoms with Crippen LogP contribution in [-0.2, 0) is 25.5 Å². The van der Waals surface area contributed by atoms with Gasteiger partial charge in [0.1, 0.15) is 29.0 Å². The standard InChI is InChI=1S/C38H49N5O6S/c1-24(2)22-48-35(47)40-29-14-8-6-4-5-7-11-25-19-38(25,34(46)42-50-36(3)17-18-36)41-32(44)30-20-37(23-43(30)33(29)45)16-15-27-26-12-9-10-13-28(26)39-21-31(27)49-37/h7,9-13,21,24-25,29-30H,4-6,8,14-20,22-23H2,1-3H3,(H,40,47)(H,41,44)(H,42,46)/b11-7-/t25?,29-,30-,37+,38+/m0/s1. The molecule has 7 rings (SSSR count). The van der Waals surface area contributed by atoms with Gasteiger partial charge in [-0.3, -0.25) is 24.1 Å². The molecule has 2 aromatic rings. The Balaban J connectivity index is 1.19. The minimum Gasteiger partial charge on any atom is -0.483 e. The van der Waals surface area contributed by atoms with E-state index in [9.17, 15) is 19.2 Å². The van der Waals surface area contributed by atoms with E-state index in [1.54, 1.807) is 11.1 Å². The Kier molecular flexibility index (Phi) is 9.51. The smallest absolute Gasteiger partial charge is 0.407 e. The van der Waals surface area contributed by atoms with Gasteiger partial charge >= 0.3 is 6.09 Å². The number of aryl methyl sites for hydroxylation is 1. The molecule has 12 heteroatoms. The van der Waals surface area contributed by atoms with Gasteiger partial charge in [-0.25, -0.2) is 4.79 Å². The summed E-state index contributed by atoms with van der Waals surface area (Å²) in [4.78, 5) is 62.0. The molecule has 3 aliphatic heterocycles. The van der Waals surface area contributed by atoms with Crippen molar-refractivity contribution >= 4 is 46.7 Å². The number of nitrogens with one attached hydrogen (secondary N) is 3. The predicted molar refractivity (Wildman–Crippen MR) is 191 cm³/mol. The van der Waals surface area contributed by atoms with Crippen molar-refractivity contribution in [2.45, 2.75) is 119 Å². The molecular weight excluding hydrogens is 655 g/mol. The van der Waals surface area contributed by atoms with Crippen molar-refractivity contribution in [3.05, 3.63) is 48.2 Å². The van der Waals surface area contributed by atoms with Crippen LogP contribution in [0.1, 0.15) is 90.5 Å². The van der Waals surface area contributed by atoms with E-state index in [0.29, 0.717) is 31.4 Å². The van der Waals surface area contributed by atoms with Gasteiger partial charge in [0.05, 0.1) is 24.9 Å². The summed E-state index contributed by atoms with van der Waals surface area (Å²) in [6, 6.07) is 6.19. The summed E-state index contributed by atoms with van der Waals surface area (Å²) in [5, 5.41) is 7.02. The number of allylic oxidation sites excluding steroid dienone is 1. The maximum absolute atomic E-state index is 14.6. The van der Waals surface area contributed by atoms with E-state index < -0.39 is 29.3 Å². The van der Waals surface area contributed by atoms with Crippen LogP contribution in [0.3, 0.4) is 0 Å². The summed E-state index contributed by atoms with van der Waals surface area (Å²) in [7, 11) is 0.